The van der Waals surface area contributed by atoms with Crippen LogP contribution in [0.5, 0.6) is 11.5 Å². The second kappa shape index (κ2) is 9.59. The fraction of sp³-hybridized carbons (Fsp3) is 0.174. The fourth-order valence-electron chi connectivity index (χ4n) is 2.69. The molecule has 0 heterocycles. The molecule has 1 amide bonds. The van der Waals surface area contributed by atoms with Gasteiger partial charge in [-0.15, -0.1) is 0 Å². The molecule has 3 aromatic carbocycles. The number of halogens is 1. The van der Waals surface area contributed by atoms with Gasteiger partial charge in [-0.25, -0.2) is 4.39 Å². The third kappa shape index (κ3) is 5.97. The molecule has 150 valence electrons. The molecule has 0 fully saturated rings. The van der Waals surface area contributed by atoms with Crippen molar-refractivity contribution in [2.24, 2.45) is 0 Å². The summed E-state index contributed by atoms with van der Waals surface area (Å²) in [6.45, 7) is 2.49. The summed E-state index contributed by atoms with van der Waals surface area (Å²) in [6, 6.07) is 19.3. The predicted molar refractivity (Wildman–Crippen MR) is 112 cm³/mol. The van der Waals surface area contributed by atoms with Gasteiger partial charge in [0.2, 0.25) is 0 Å². The second-order valence-electron chi connectivity index (χ2n) is 6.55. The van der Waals surface area contributed by atoms with Crippen molar-refractivity contribution in [3.05, 3.63) is 83.7 Å². The third-order valence-electron chi connectivity index (χ3n) is 4.26. The van der Waals surface area contributed by atoms with Gasteiger partial charge < -0.3 is 20.1 Å². The summed E-state index contributed by atoms with van der Waals surface area (Å²) in [4.78, 5) is 12.0. The van der Waals surface area contributed by atoms with Gasteiger partial charge in [0.05, 0.1) is 7.11 Å². The summed E-state index contributed by atoms with van der Waals surface area (Å²) < 4.78 is 23.9. The van der Waals surface area contributed by atoms with Gasteiger partial charge in [0.15, 0.2) is 18.1 Å². The number of nitrogens with one attached hydrogen (secondary N) is 2. The molecule has 0 aliphatic carbocycles. The van der Waals surface area contributed by atoms with Crippen LogP contribution in [0.15, 0.2) is 66.7 Å². The molecule has 0 aliphatic heterocycles. The maximum atomic E-state index is 12.9. The number of hydrogen-bond acceptors (Lipinski definition) is 4. The van der Waals surface area contributed by atoms with Gasteiger partial charge in [0.25, 0.3) is 5.91 Å². The van der Waals surface area contributed by atoms with Crippen molar-refractivity contribution in [3.63, 3.8) is 0 Å². The van der Waals surface area contributed by atoms with Crippen molar-refractivity contribution in [1.29, 1.82) is 0 Å². The van der Waals surface area contributed by atoms with E-state index >= 15 is 0 Å². The molecular formula is C23H23FN2O3. The molecule has 0 spiro atoms. The molecule has 29 heavy (non-hydrogen) atoms. The summed E-state index contributed by atoms with van der Waals surface area (Å²) in [7, 11) is 1.55. The Balaban J connectivity index is 1.55. The van der Waals surface area contributed by atoms with E-state index in [1.807, 2.05) is 31.2 Å². The SMILES string of the molecule is COc1cc(CNc2ccc(C)cc2)ccc1OCC(=O)Nc1ccc(F)cc1. The quantitative estimate of drug-likeness (QED) is 0.578. The lowest BCUT2D eigenvalue weighted by Crippen LogP contribution is -2.20. The molecule has 0 aliphatic rings. The lowest BCUT2D eigenvalue weighted by molar-refractivity contribution is -0.118. The van der Waals surface area contributed by atoms with Crippen molar-refractivity contribution in [1.82, 2.24) is 0 Å². The highest BCUT2D eigenvalue weighted by molar-refractivity contribution is 5.91. The summed E-state index contributed by atoms with van der Waals surface area (Å²) in [5, 5.41) is 6.00. The minimum Gasteiger partial charge on any atom is -0.493 e. The van der Waals surface area contributed by atoms with Crippen molar-refractivity contribution in [2.45, 2.75) is 13.5 Å². The van der Waals surface area contributed by atoms with Crippen LogP contribution >= 0.6 is 0 Å². The molecule has 0 radical (unpaired) electrons. The van der Waals surface area contributed by atoms with Crippen LogP contribution in [-0.2, 0) is 11.3 Å². The van der Waals surface area contributed by atoms with Crippen LogP contribution < -0.4 is 20.1 Å². The van der Waals surface area contributed by atoms with Crippen LogP contribution in [0.4, 0.5) is 15.8 Å². The Morgan fingerprint density at radius 2 is 1.62 bits per heavy atom. The fourth-order valence-corrected chi connectivity index (χ4v) is 2.69. The van der Waals surface area contributed by atoms with Crippen LogP contribution in [-0.4, -0.2) is 19.6 Å². The number of rotatable bonds is 8. The van der Waals surface area contributed by atoms with E-state index in [2.05, 4.69) is 22.8 Å². The molecule has 3 aromatic rings. The first kappa shape index (κ1) is 20.2. The number of anilines is 2. The van der Waals surface area contributed by atoms with Gasteiger partial charge in [-0.3, -0.25) is 4.79 Å². The van der Waals surface area contributed by atoms with E-state index in [-0.39, 0.29) is 18.3 Å². The monoisotopic (exact) mass is 394 g/mol. The Bertz CT molecular complexity index is 957. The van der Waals surface area contributed by atoms with Gasteiger partial charge in [0.1, 0.15) is 5.82 Å². The molecule has 0 atom stereocenters. The van der Waals surface area contributed by atoms with Crippen LogP contribution in [0.2, 0.25) is 0 Å². The highest BCUT2D eigenvalue weighted by Gasteiger charge is 2.09. The first-order valence-electron chi connectivity index (χ1n) is 9.19. The number of benzene rings is 3. The Morgan fingerprint density at radius 3 is 2.31 bits per heavy atom. The number of aryl methyl sites for hydroxylation is 1. The smallest absolute Gasteiger partial charge is 0.262 e. The van der Waals surface area contributed by atoms with Crippen LogP contribution in [0.25, 0.3) is 0 Å². The minimum atomic E-state index is -0.360. The zero-order valence-electron chi connectivity index (χ0n) is 16.4. The number of hydrogen-bond donors (Lipinski definition) is 2. The maximum Gasteiger partial charge on any atom is 0.262 e. The first-order valence-corrected chi connectivity index (χ1v) is 9.19. The maximum absolute atomic E-state index is 12.9. The Hall–Kier alpha value is -3.54. The van der Waals surface area contributed by atoms with Crippen molar-refractivity contribution in [2.75, 3.05) is 24.4 Å². The number of carbonyl (C=O) groups excluding carboxylic acids is 1. The van der Waals surface area contributed by atoms with E-state index in [1.165, 1.54) is 29.8 Å². The molecule has 0 unspecified atom stereocenters. The van der Waals surface area contributed by atoms with Crippen LogP contribution in [0, 0.1) is 12.7 Å². The van der Waals surface area contributed by atoms with Crippen LogP contribution in [0.3, 0.4) is 0 Å². The Morgan fingerprint density at radius 1 is 0.931 bits per heavy atom. The Kier molecular flexibility index (Phi) is 6.68. The first-order chi connectivity index (χ1) is 14.0. The minimum absolute atomic E-state index is 0.186. The zero-order valence-corrected chi connectivity index (χ0v) is 16.4. The van der Waals surface area contributed by atoms with Gasteiger partial charge in [0, 0.05) is 17.9 Å². The molecule has 0 saturated carbocycles. The van der Waals surface area contributed by atoms with Gasteiger partial charge in [-0.05, 0) is 61.0 Å². The highest BCUT2D eigenvalue weighted by atomic mass is 19.1. The third-order valence-corrected chi connectivity index (χ3v) is 4.26. The van der Waals surface area contributed by atoms with E-state index in [1.54, 1.807) is 13.2 Å². The zero-order chi connectivity index (χ0) is 20.6. The van der Waals surface area contributed by atoms with Crippen molar-refractivity contribution >= 4 is 17.3 Å². The van der Waals surface area contributed by atoms with Crippen LogP contribution in [0.1, 0.15) is 11.1 Å². The van der Waals surface area contributed by atoms with Gasteiger partial charge in [-0.1, -0.05) is 23.8 Å². The topological polar surface area (TPSA) is 59.6 Å². The molecule has 5 nitrogen and oxygen atoms in total. The van der Waals surface area contributed by atoms with Gasteiger partial charge in [-0.2, -0.15) is 0 Å². The number of methoxy groups -OCH3 is 1. The lowest BCUT2D eigenvalue weighted by atomic mass is 10.2. The van der Waals surface area contributed by atoms with E-state index in [4.69, 9.17) is 9.47 Å². The summed E-state index contributed by atoms with van der Waals surface area (Å²) in [6.07, 6.45) is 0. The summed E-state index contributed by atoms with van der Waals surface area (Å²) >= 11 is 0. The van der Waals surface area contributed by atoms with E-state index in [0.29, 0.717) is 23.7 Å². The molecule has 3 rings (SSSR count). The number of ether oxygens (including phenoxy) is 2. The standard InChI is InChI=1S/C23H23FN2O3/c1-16-3-8-19(9-4-16)25-14-17-5-12-21(22(13-17)28-2)29-15-23(27)26-20-10-6-18(24)7-11-20/h3-13,25H,14-15H2,1-2H3,(H,26,27). The predicted octanol–water partition coefficient (Wildman–Crippen LogP) is 4.77. The number of amides is 1. The largest absolute Gasteiger partial charge is 0.493 e. The number of carbonyl (C=O) groups is 1. The average molecular weight is 394 g/mol. The molecule has 2 N–H and O–H groups in total. The molecular weight excluding hydrogens is 371 g/mol. The van der Waals surface area contributed by atoms with Crippen molar-refractivity contribution < 1.29 is 18.7 Å². The van der Waals surface area contributed by atoms with E-state index < -0.39 is 0 Å². The second-order valence-corrected chi connectivity index (χ2v) is 6.55. The van der Waals surface area contributed by atoms with E-state index in [9.17, 15) is 9.18 Å². The average Bonchev–Trinajstić information content (AvgIpc) is 2.73. The summed E-state index contributed by atoms with van der Waals surface area (Å²) in [5.41, 5.74) is 3.77. The molecule has 0 saturated heterocycles. The Labute approximate surface area is 169 Å². The highest BCUT2D eigenvalue weighted by Crippen LogP contribution is 2.28. The van der Waals surface area contributed by atoms with E-state index in [0.717, 1.165) is 11.3 Å². The lowest BCUT2D eigenvalue weighted by Gasteiger charge is -2.13. The summed E-state index contributed by atoms with van der Waals surface area (Å²) in [5.74, 6) is 0.313. The normalized spacial score (nSPS) is 10.3. The molecule has 0 aromatic heterocycles. The molecule has 6 heteroatoms. The van der Waals surface area contributed by atoms with Gasteiger partial charge >= 0.3 is 0 Å². The molecule has 0 bridgehead atoms. The van der Waals surface area contributed by atoms with Crippen molar-refractivity contribution in [3.8, 4) is 11.5 Å².